The van der Waals surface area contributed by atoms with Gasteiger partial charge in [-0.3, -0.25) is 4.79 Å². The largest absolute Gasteiger partial charge is 0.329 e. The lowest BCUT2D eigenvalue weighted by atomic mass is 10.3. The Balaban J connectivity index is 2.49. The molecule has 0 aromatic carbocycles. The van der Waals surface area contributed by atoms with Gasteiger partial charge in [-0.1, -0.05) is 6.92 Å². The summed E-state index contributed by atoms with van der Waals surface area (Å²) < 4.78 is 0. The summed E-state index contributed by atoms with van der Waals surface area (Å²) in [6, 6.07) is 0.371. The predicted molar refractivity (Wildman–Crippen MR) is 52.1 cm³/mol. The van der Waals surface area contributed by atoms with Crippen molar-refractivity contribution in [1.82, 2.24) is 4.90 Å². The maximum absolute atomic E-state index is 11.3. The fraction of sp³-hybridized carbons (Fsp3) is 0.857. The molecule has 0 aromatic heterocycles. The highest BCUT2D eigenvalue weighted by atomic mass is 32.2. The first-order valence-electron chi connectivity index (χ1n) is 3.77. The quantitative estimate of drug-likeness (QED) is 0.663. The lowest BCUT2D eigenvalue weighted by Crippen LogP contribution is -2.37. The van der Waals surface area contributed by atoms with Gasteiger partial charge in [-0.05, 0) is 0 Å². The van der Waals surface area contributed by atoms with Gasteiger partial charge in [0.25, 0.3) is 0 Å². The van der Waals surface area contributed by atoms with Gasteiger partial charge in [0, 0.05) is 17.9 Å². The molecule has 0 aliphatic carbocycles. The van der Waals surface area contributed by atoms with Crippen molar-refractivity contribution in [3.63, 3.8) is 0 Å². The van der Waals surface area contributed by atoms with E-state index in [1.807, 2.05) is 23.6 Å². The van der Waals surface area contributed by atoms with E-state index in [1.165, 1.54) is 0 Å². The van der Waals surface area contributed by atoms with Crippen LogP contribution in [0.1, 0.15) is 13.3 Å². The first-order chi connectivity index (χ1) is 5.29. The number of nitrogens with zero attached hydrogens (tertiary/aromatic N) is 1. The summed E-state index contributed by atoms with van der Waals surface area (Å²) in [4.78, 5) is 13.2. The SMILES string of the molecule is CCC(=O)N1CSCC1CS. The molecule has 1 aliphatic rings. The number of rotatable bonds is 2. The van der Waals surface area contributed by atoms with Crippen molar-refractivity contribution in [1.29, 1.82) is 0 Å². The second kappa shape index (κ2) is 4.26. The molecule has 11 heavy (non-hydrogen) atoms. The topological polar surface area (TPSA) is 20.3 Å². The molecule has 0 spiro atoms. The molecule has 1 aliphatic heterocycles. The molecular weight excluding hydrogens is 178 g/mol. The zero-order valence-electron chi connectivity index (χ0n) is 6.62. The van der Waals surface area contributed by atoms with E-state index in [9.17, 15) is 4.79 Å². The van der Waals surface area contributed by atoms with Crippen molar-refractivity contribution < 1.29 is 4.79 Å². The molecule has 1 heterocycles. The van der Waals surface area contributed by atoms with E-state index in [0.29, 0.717) is 12.5 Å². The third-order valence-electron chi connectivity index (χ3n) is 1.81. The van der Waals surface area contributed by atoms with E-state index in [4.69, 9.17) is 0 Å². The number of thioether (sulfide) groups is 1. The van der Waals surface area contributed by atoms with Crippen molar-refractivity contribution in [2.75, 3.05) is 17.4 Å². The van der Waals surface area contributed by atoms with Gasteiger partial charge in [0.1, 0.15) is 0 Å². The van der Waals surface area contributed by atoms with E-state index >= 15 is 0 Å². The van der Waals surface area contributed by atoms with Crippen molar-refractivity contribution in [2.24, 2.45) is 0 Å². The summed E-state index contributed by atoms with van der Waals surface area (Å²) in [5, 5.41) is 0. The monoisotopic (exact) mass is 191 g/mol. The molecular formula is C7H13NOS2. The molecule has 0 radical (unpaired) electrons. The minimum Gasteiger partial charge on any atom is -0.329 e. The molecule has 4 heteroatoms. The van der Waals surface area contributed by atoms with Crippen LogP contribution in [-0.4, -0.2) is 34.2 Å². The molecule has 1 unspecified atom stereocenters. The van der Waals surface area contributed by atoms with Crippen molar-refractivity contribution in [3.05, 3.63) is 0 Å². The highest BCUT2D eigenvalue weighted by molar-refractivity contribution is 7.99. The fourth-order valence-electron chi connectivity index (χ4n) is 1.11. The molecule has 0 aromatic rings. The van der Waals surface area contributed by atoms with Gasteiger partial charge in [-0.15, -0.1) is 11.8 Å². The summed E-state index contributed by atoms with van der Waals surface area (Å²) in [5.74, 6) is 2.96. The Hall–Kier alpha value is 0.170. The van der Waals surface area contributed by atoms with Crippen LogP contribution in [0.15, 0.2) is 0 Å². The van der Waals surface area contributed by atoms with Crippen LogP contribution in [0.25, 0.3) is 0 Å². The summed E-state index contributed by atoms with van der Waals surface area (Å²) in [6.45, 7) is 1.90. The number of carbonyl (C=O) groups excluding carboxylic acids is 1. The molecule has 1 saturated heterocycles. The molecule has 2 nitrogen and oxygen atoms in total. The average molecular weight is 191 g/mol. The Morgan fingerprint density at radius 3 is 3.09 bits per heavy atom. The van der Waals surface area contributed by atoms with E-state index in [2.05, 4.69) is 12.6 Å². The Morgan fingerprint density at radius 1 is 1.82 bits per heavy atom. The second-order valence-corrected chi connectivity index (χ2v) is 3.92. The molecule has 1 fully saturated rings. The van der Waals surface area contributed by atoms with Crippen LogP contribution in [0.3, 0.4) is 0 Å². The Kier molecular flexibility index (Phi) is 3.59. The minimum absolute atomic E-state index is 0.258. The van der Waals surface area contributed by atoms with Crippen LogP contribution in [0.5, 0.6) is 0 Å². The third-order valence-corrected chi connectivity index (χ3v) is 3.32. The van der Waals surface area contributed by atoms with Crippen LogP contribution in [0.4, 0.5) is 0 Å². The van der Waals surface area contributed by atoms with Crippen LogP contribution in [0.2, 0.25) is 0 Å². The van der Waals surface area contributed by atoms with E-state index in [0.717, 1.165) is 17.4 Å². The van der Waals surface area contributed by atoms with Gasteiger partial charge in [-0.2, -0.15) is 12.6 Å². The number of hydrogen-bond donors (Lipinski definition) is 1. The highest BCUT2D eigenvalue weighted by Gasteiger charge is 2.26. The standard InChI is InChI=1S/C7H13NOS2/c1-2-7(9)8-5-11-4-6(8)3-10/h6,10H,2-5H2,1H3. The van der Waals surface area contributed by atoms with Crippen LogP contribution in [-0.2, 0) is 4.79 Å². The zero-order valence-corrected chi connectivity index (χ0v) is 8.33. The first kappa shape index (κ1) is 9.26. The number of amides is 1. The number of thiol groups is 1. The Labute approximate surface area is 77.1 Å². The molecule has 0 saturated carbocycles. The van der Waals surface area contributed by atoms with E-state index in [1.54, 1.807) is 0 Å². The van der Waals surface area contributed by atoms with E-state index in [-0.39, 0.29) is 5.91 Å². The van der Waals surface area contributed by atoms with Crippen molar-refractivity contribution in [2.45, 2.75) is 19.4 Å². The Bertz CT molecular complexity index is 151. The molecule has 1 rings (SSSR count). The predicted octanol–water partition coefficient (Wildman–Crippen LogP) is 1.23. The van der Waals surface area contributed by atoms with Gasteiger partial charge >= 0.3 is 0 Å². The molecule has 64 valence electrons. The van der Waals surface area contributed by atoms with Gasteiger partial charge in [0.15, 0.2) is 0 Å². The summed E-state index contributed by atoms with van der Waals surface area (Å²) >= 11 is 6.02. The van der Waals surface area contributed by atoms with Crippen LogP contribution in [0, 0.1) is 0 Å². The third kappa shape index (κ3) is 2.06. The van der Waals surface area contributed by atoms with E-state index < -0.39 is 0 Å². The number of hydrogen-bond acceptors (Lipinski definition) is 3. The van der Waals surface area contributed by atoms with Crippen molar-refractivity contribution >= 4 is 30.3 Å². The Morgan fingerprint density at radius 2 is 2.55 bits per heavy atom. The van der Waals surface area contributed by atoms with Crippen LogP contribution < -0.4 is 0 Å². The summed E-state index contributed by atoms with van der Waals surface area (Å²) in [5.41, 5.74) is 0. The molecule has 1 atom stereocenters. The number of carbonyl (C=O) groups is 1. The highest BCUT2D eigenvalue weighted by Crippen LogP contribution is 2.21. The lowest BCUT2D eigenvalue weighted by molar-refractivity contribution is -0.130. The molecule has 0 bridgehead atoms. The smallest absolute Gasteiger partial charge is 0.223 e. The molecule has 1 amide bonds. The van der Waals surface area contributed by atoms with Gasteiger partial charge in [0.2, 0.25) is 5.91 Å². The average Bonchev–Trinajstić information content (AvgIpc) is 2.50. The van der Waals surface area contributed by atoms with Gasteiger partial charge in [-0.25, -0.2) is 0 Å². The minimum atomic E-state index is 0.258. The maximum Gasteiger partial charge on any atom is 0.223 e. The van der Waals surface area contributed by atoms with Gasteiger partial charge < -0.3 is 4.90 Å². The summed E-state index contributed by atoms with van der Waals surface area (Å²) in [7, 11) is 0. The normalized spacial score (nSPS) is 24.2. The molecule has 0 N–H and O–H groups in total. The summed E-state index contributed by atoms with van der Waals surface area (Å²) in [6.07, 6.45) is 0.616. The zero-order chi connectivity index (χ0) is 8.27. The first-order valence-corrected chi connectivity index (χ1v) is 5.56. The van der Waals surface area contributed by atoms with Crippen molar-refractivity contribution in [3.8, 4) is 0 Å². The second-order valence-electron chi connectivity index (χ2n) is 2.55. The van der Waals surface area contributed by atoms with Gasteiger partial charge in [0.05, 0.1) is 11.9 Å². The lowest BCUT2D eigenvalue weighted by Gasteiger charge is -2.21. The maximum atomic E-state index is 11.3. The fourth-order valence-corrected chi connectivity index (χ4v) is 2.84. The van der Waals surface area contributed by atoms with Crippen LogP contribution >= 0.6 is 24.4 Å².